The normalized spacial score (nSPS) is 13.7. The first-order valence-corrected chi connectivity index (χ1v) is 3.92. The fourth-order valence-electron chi connectivity index (χ4n) is 0.917. The molecule has 0 rings (SSSR count). The standard InChI is InChI=1S/C8H18O/c1-3-4-5-8(2)6-7-9/h8-9H,3-7H2,1-2H3/t8-/m0/s1. The smallest absolute Gasteiger partial charge is 0.0433 e. The van der Waals surface area contributed by atoms with Gasteiger partial charge in [0.15, 0.2) is 0 Å². The number of unbranched alkanes of at least 4 members (excludes halogenated alkanes) is 1. The van der Waals surface area contributed by atoms with Crippen LogP contribution < -0.4 is 0 Å². The van der Waals surface area contributed by atoms with Crippen LogP contribution in [0.4, 0.5) is 0 Å². The Bertz CT molecular complexity index is 52.5. The summed E-state index contributed by atoms with van der Waals surface area (Å²) >= 11 is 0. The van der Waals surface area contributed by atoms with Crippen LogP contribution in [-0.2, 0) is 0 Å². The maximum absolute atomic E-state index is 8.54. The maximum Gasteiger partial charge on any atom is 0.0433 e. The van der Waals surface area contributed by atoms with E-state index in [1.54, 1.807) is 0 Å². The third-order valence-corrected chi connectivity index (χ3v) is 1.67. The molecule has 0 spiro atoms. The third-order valence-electron chi connectivity index (χ3n) is 1.67. The molecule has 0 amide bonds. The monoisotopic (exact) mass is 130 g/mol. The molecule has 0 aromatic carbocycles. The summed E-state index contributed by atoms with van der Waals surface area (Å²) in [5, 5.41) is 8.54. The Morgan fingerprint density at radius 1 is 1.33 bits per heavy atom. The van der Waals surface area contributed by atoms with Crippen molar-refractivity contribution in [1.82, 2.24) is 0 Å². The van der Waals surface area contributed by atoms with Crippen molar-refractivity contribution in [2.24, 2.45) is 5.92 Å². The fourth-order valence-corrected chi connectivity index (χ4v) is 0.917. The molecule has 1 heteroatoms. The highest BCUT2D eigenvalue weighted by molar-refractivity contribution is 4.50. The molecule has 0 unspecified atom stereocenters. The molecule has 0 aliphatic carbocycles. The average molecular weight is 130 g/mol. The molecule has 0 aromatic rings. The Hall–Kier alpha value is -0.0400. The van der Waals surface area contributed by atoms with Gasteiger partial charge in [-0.05, 0) is 12.3 Å². The van der Waals surface area contributed by atoms with Crippen LogP contribution in [0.5, 0.6) is 0 Å². The van der Waals surface area contributed by atoms with Crippen molar-refractivity contribution in [3.63, 3.8) is 0 Å². The summed E-state index contributed by atoms with van der Waals surface area (Å²) in [7, 11) is 0. The fraction of sp³-hybridized carbons (Fsp3) is 1.00. The molecule has 9 heavy (non-hydrogen) atoms. The van der Waals surface area contributed by atoms with Crippen LogP contribution in [0.3, 0.4) is 0 Å². The van der Waals surface area contributed by atoms with Crippen molar-refractivity contribution in [2.75, 3.05) is 6.61 Å². The second-order valence-corrected chi connectivity index (χ2v) is 2.76. The summed E-state index contributed by atoms with van der Waals surface area (Å²) in [5.41, 5.74) is 0. The summed E-state index contributed by atoms with van der Waals surface area (Å²) < 4.78 is 0. The molecule has 0 aromatic heterocycles. The quantitative estimate of drug-likeness (QED) is 0.605. The van der Waals surface area contributed by atoms with E-state index in [-0.39, 0.29) is 0 Å². The van der Waals surface area contributed by atoms with Crippen LogP contribution in [0.15, 0.2) is 0 Å². The molecule has 0 saturated heterocycles. The third kappa shape index (κ3) is 5.84. The zero-order valence-electron chi connectivity index (χ0n) is 6.56. The van der Waals surface area contributed by atoms with Crippen LogP contribution in [0.1, 0.15) is 39.5 Å². The number of rotatable bonds is 5. The van der Waals surface area contributed by atoms with E-state index in [1.807, 2.05) is 0 Å². The van der Waals surface area contributed by atoms with Gasteiger partial charge in [-0.25, -0.2) is 0 Å². The molecule has 0 bridgehead atoms. The van der Waals surface area contributed by atoms with Gasteiger partial charge in [0.05, 0.1) is 0 Å². The van der Waals surface area contributed by atoms with Gasteiger partial charge in [-0.1, -0.05) is 33.1 Å². The number of hydrogen-bond acceptors (Lipinski definition) is 1. The minimum Gasteiger partial charge on any atom is -0.396 e. The largest absolute Gasteiger partial charge is 0.396 e. The molecule has 0 saturated carbocycles. The average Bonchev–Trinajstić information content (AvgIpc) is 1.85. The summed E-state index contributed by atoms with van der Waals surface area (Å²) in [6, 6.07) is 0. The lowest BCUT2D eigenvalue weighted by molar-refractivity contribution is 0.257. The van der Waals surface area contributed by atoms with Gasteiger partial charge >= 0.3 is 0 Å². The molecule has 56 valence electrons. The van der Waals surface area contributed by atoms with Gasteiger partial charge in [-0.15, -0.1) is 0 Å². The zero-order valence-corrected chi connectivity index (χ0v) is 6.56. The molecule has 1 atom stereocenters. The predicted octanol–water partition coefficient (Wildman–Crippen LogP) is 2.20. The van der Waals surface area contributed by atoms with E-state index in [0.717, 1.165) is 12.3 Å². The van der Waals surface area contributed by atoms with E-state index in [1.165, 1.54) is 19.3 Å². The lowest BCUT2D eigenvalue weighted by Crippen LogP contribution is -1.96. The number of aliphatic hydroxyl groups excluding tert-OH is 1. The number of hydrogen-bond donors (Lipinski definition) is 1. The molecule has 0 aliphatic heterocycles. The van der Waals surface area contributed by atoms with Gasteiger partial charge in [0.1, 0.15) is 0 Å². The van der Waals surface area contributed by atoms with Crippen LogP contribution in [-0.4, -0.2) is 11.7 Å². The van der Waals surface area contributed by atoms with Gasteiger partial charge in [0, 0.05) is 6.61 Å². The molecular formula is C8H18O. The second kappa shape index (κ2) is 6.09. The summed E-state index contributed by atoms with van der Waals surface area (Å²) in [6.45, 7) is 4.75. The highest BCUT2D eigenvalue weighted by Gasteiger charge is 1.98. The molecule has 0 heterocycles. The van der Waals surface area contributed by atoms with E-state index in [2.05, 4.69) is 13.8 Å². The van der Waals surface area contributed by atoms with Crippen LogP contribution >= 0.6 is 0 Å². The Balaban J connectivity index is 2.95. The van der Waals surface area contributed by atoms with E-state index < -0.39 is 0 Å². The molecule has 1 N–H and O–H groups in total. The Morgan fingerprint density at radius 2 is 2.00 bits per heavy atom. The van der Waals surface area contributed by atoms with Gasteiger partial charge in [-0.3, -0.25) is 0 Å². The minimum atomic E-state index is 0.352. The molecule has 0 radical (unpaired) electrons. The van der Waals surface area contributed by atoms with E-state index in [9.17, 15) is 0 Å². The predicted molar refractivity (Wildman–Crippen MR) is 40.4 cm³/mol. The molecule has 0 fully saturated rings. The number of aliphatic hydroxyl groups is 1. The van der Waals surface area contributed by atoms with Gasteiger partial charge < -0.3 is 5.11 Å². The lowest BCUT2D eigenvalue weighted by atomic mass is 10.0. The highest BCUT2D eigenvalue weighted by Crippen LogP contribution is 2.10. The molecule has 0 aliphatic rings. The Kier molecular flexibility index (Phi) is 6.06. The van der Waals surface area contributed by atoms with Crippen molar-refractivity contribution in [3.05, 3.63) is 0 Å². The van der Waals surface area contributed by atoms with Gasteiger partial charge in [0.25, 0.3) is 0 Å². The van der Waals surface area contributed by atoms with Crippen molar-refractivity contribution < 1.29 is 5.11 Å². The van der Waals surface area contributed by atoms with Crippen molar-refractivity contribution in [2.45, 2.75) is 39.5 Å². The Labute approximate surface area is 58.1 Å². The zero-order chi connectivity index (χ0) is 7.11. The van der Waals surface area contributed by atoms with E-state index in [4.69, 9.17) is 5.11 Å². The SMILES string of the molecule is CCCC[C@H](C)CCO. The minimum absolute atomic E-state index is 0.352. The topological polar surface area (TPSA) is 20.2 Å². The molecular weight excluding hydrogens is 112 g/mol. The first-order chi connectivity index (χ1) is 4.31. The van der Waals surface area contributed by atoms with Crippen molar-refractivity contribution in [3.8, 4) is 0 Å². The first kappa shape index (κ1) is 8.96. The maximum atomic E-state index is 8.54. The highest BCUT2D eigenvalue weighted by atomic mass is 16.2. The lowest BCUT2D eigenvalue weighted by Gasteiger charge is -2.06. The van der Waals surface area contributed by atoms with E-state index in [0.29, 0.717) is 6.61 Å². The summed E-state index contributed by atoms with van der Waals surface area (Å²) in [6.07, 6.45) is 4.83. The van der Waals surface area contributed by atoms with E-state index >= 15 is 0 Å². The molecule has 1 nitrogen and oxygen atoms in total. The summed E-state index contributed by atoms with van der Waals surface area (Å²) in [4.78, 5) is 0. The first-order valence-electron chi connectivity index (χ1n) is 3.92. The van der Waals surface area contributed by atoms with Crippen molar-refractivity contribution in [1.29, 1.82) is 0 Å². The van der Waals surface area contributed by atoms with Gasteiger partial charge in [0.2, 0.25) is 0 Å². The Morgan fingerprint density at radius 3 is 2.44 bits per heavy atom. The van der Waals surface area contributed by atoms with Crippen LogP contribution in [0, 0.1) is 5.92 Å². The van der Waals surface area contributed by atoms with Crippen molar-refractivity contribution >= 4 is 0 Å². The van der Waals surface area contributed by atoms with Crippen LogP contribution in [0.25, 0.3) is 0 Å². The van der Waals surface area contributed by atoms with Crippen LogP contribution in [0.2, 0.25) is 0 Å². The second-order valence-electron chi connectivity index (χ2n) is 2.76. The summed E-state index contributed by atoms with van der Waals surface area (Å²) in [5.74, 6) is 0.718. The van der Waals surface area contributed by atoms with Gasteiger partial charge in [-0.2, -0.15) is 0 Å².